The Hall–Kier alpha value is 0.297. The van der Waals surface area contributed by atoms with E-state index >= 15 is 0 Å². The van der Waals surface area contributed by atoms with Gasteiger partial charge in [0.25, 0.3) is 0 Å². The fraction of sp³-hybridized carbons (Fsp3) is 0.667. The Bertz CT molecular complexity index is 64.1. The monoisotopic (exact) mass is 107 g/mol. The summed E-state index contributed by atoms with van der Waals surface area (Å²) in [6.07, 6.45) is 4.18. The molecular formula is C6H14LiN. The van der Waals surface area contributed by atoms with Gasteiger partial charge in [-0.15, -0.1) is 0 Å². The molecule has 0 atom stereocenters. The van der Waals surface area contributed by atoms with Gasteiger partial charge in [0.2, 0.25) is 0 Å². The third-order valence-corrected chi connectivity index (χ3v) is 0.706. The van der Waals surface area contributed by atoms with E-state index in [-0.39, 0.29) is 20.3 Å². The molecule has 0 saturated heterocycles. The van der Waals surface area contributed by atoms with Crippen LogP contribution in [0.4, 0.5) is 0 Å². The fourth-order valence-corrected chi connectivity index (χ4v) is 0.316. The van der Waals surface area contributed by atoms with E-state index in [1.807, 2.05) is 6.92 Å². The first-order valence-corrected chi connectivity index (χ1v) is 2.53. The van der Waals surface area contributed by atoms with Crippen molar-refractivity contribution in [2.24, 2.45) is 0 Å². The third-order valence-electron chi connectivity index (χ3n) is 0.706. The molecule has 0 aromatic carbocycles. The van der Waals surface area contributed by atoms with Crippen molar-refractivity contribution < 1.29 is 20.3 Å². The van der Waals surface area contributed by atoms with Gasteiger partial charge < -0.3 is 6.33 Å². The van der Waals surface area contributed by atoms with Crippen molar-refractivity contribution in [1.29, 1.82) is 0 Å². The summed E-state index contributed by atoms with van der Waals surface area (Å²) in [6.45, 7) is 3.08. The molecule has 0 N–H and O–H groups in total. The first-order valence-electron chi connectivity index (χ1n) is 2.53. The number of rotatable bonds is 2. The van der Waals surface area contributed by atoms with E-state index in [0.29, 0.717) is 0 Å². The van der Waals surface area contributed by atoms with Crippen LogP contribution in [0.1, 0.15) is 8.35 Å². The SMILES string of the molecule is CC=CCN(C)C.[H-].[Li+]. The molecule has 0 radical (unpaired) electrons. The standard InChI is InChI=1S/C6H13N.Li.H/c1-4-5-6-7(2)3;;/h4-5H,6H2,1-3H3;;/q;+1;-1. The van der Waals surface area contributed by atoms with Gasteiger partial charge in [-0.3, -0.25) is 0 Å². The Morgan fingerprint density at radius 3 is 2.12 bits per heavy atom. The number of likely N-dealkylation sites (N-methyl/N-ethyl adjacent to an activating group) is 1. The molecule has 0 aliphatic heterocycles. The van der Waals surface area contributed by atoms with E-state index in [4.69, 9.17) is 0 Å². The van der Waals surface area contributed by atoms with Gasteiger partial charge in [-0.2, -0.15) is 0 Å². The van der Waals surface area contributed by atoms with Gasteiger partial charge in [0.15, 0.2) is 0 Å². The molecule has 0 saturated carbocycles. The fourth-order valence-electron chi connectivity index (χ4n) is 0.316. The smallest absolute Gasteiger partial charge is 1.00 e. The first kappa shape index (κ1) is 11.1. The molecule has 1 nitrogen and oxygen atoms in total. The molecule has 0 amide bonds. The van der Waals surface area contributed by atoms with Gasteiger partial charge in [0, 0.05) is 6.54 Å². The van der Waals surface area contributed by atoms with Crippen LogP contribution in [0.15, 0.2) is 12.2 Å². The summed E-state index contributed by atoms with van der Waals surface area (Å²) in [4.78, 5) is 2.12. The topological polar surface area (TPSA) is 3.24 Å². The molecule has 0 heterocycles. The van der Waals surface area contributed by atoms with Gasteiger partial charge >= 0.3 is 18.9 Å². The van der Waals surface area contributed by atoms with Crippen molar-refractivity contribution in [2.75, 3.05) is 20.6 Å². The minimum Gasteiger partial charge on any atom is -1.00 e. The Balaban J connectivity index is -0.000000180. The summed E-state index contributed by atoms with van der Waals surface area (Å²) < 4.78 is 0. The predicted octanol–water partition coefficient (Wildman–Crippen LogP) is -1.76. The van der Waals surface area contributed by atoms with Crippen LogP contribution in [0.3, 0.4) is 0 Å². The number of hydrogen-bond donors (Lipinski definition) is 0. The van der Waals surface area contributed by atoms with Crippen molar-refractivity contribution in [1.82, 2.24) is 4.90 Å². The van der Waals surface area contributed by atoms with Crippen molar-refractivity contribution in [3.63, 3.8) is 0 Å². The normalized spacial score (nSPS) is 10.0. The molecule has 0 aromatic rings. The van der Waals surface area contributed by atoms with Crippen LogP contribution in [0, 0.1) is 0 Å². The van der Waals surface area contributed by atoms with Crippen LogP contribution >= 0.6 is 0 Å². The van der Waals surface area contributed by atoms with E-state index in [1.54, 1.807) is 0 Å². The molecule has 0 bridgehead atoms. The largest absolute Gasteiger partial charge is 1.00 e. The molecule has 0 fully saturated rings. The third kappa shape index (κ3) is 9.57. The summed E-state index contributed by atoms with van der Waals surface area (Å²) >= 11 is 0. The second-order valence-electron chi connectivity index (χ2n) is 1.83. The second kappa shape index (κ2) is 7.30. The van der Waals surface area contributed by atoms with Crippen LogP contribution in [0.25, 0.3) is 0 Å². The summed E-state index contributed by atoms with van der Waals surface area (Å²) in [5.41, 5.74) is 0. The maximum atomic E-state index is 2.12. The summed E-state index contributed by atoms with van der Waals surface area (Å²) in [5.74, 6) is 0. The van der Waals surface area contributed by atoms with Crippen molar-refractivity contribution in [2.45, 2.75) is 6.92 Å². The molecule has 44 valence electrons. The van der Waals surface area contributed by atoms with Gasteiger partial charge in [-0.05, 0) is 21.0 Å². The first-order chi connectivity index (χ1) is 3.27. The summed E-state index contributed by atoms with van der Waals surface area (Å²) in [7, 11) is 4.11. The van der Waals surface area contributed by atoms with E-state index < -0.39 is 0 Å². The molecule has 0 aliphatic rings. The average molecular weight is 107 g/mol. The second-order valence-corrected chi connectivity index (χ2v) is 1.83. The zero-order chi connectivity index (χ0) is 5.70. The summed E-state index contributed by atoms with van der Waals surface area (Å²) in [6, 6.07) is 0. The van der Waals surface area contributed by atoms with Gasteiger partial charge in [0.05, 0.1) is 0 Å². The van der Waals surface area contributed by atoms with Crippen LogP contribution in [0.2, 0.25) is 0 Å². The van der Waals surface area contributed by atoms with Crippen molar-refractivity contribution in [3.8, 4) is 0 Å². The maximum Gasteiger partial charge on any atom is 1.00 e. The summed E-state index contributed by atoms with van der Waals surface area (Å²) in [5, 5.41) is 0. The molecule has 2 heteroatoms. The van der Waals surface area contributed by atoms with Gasteiger partial charge in [-0.25, -0.2) is 0 Å². The average Bonchev–Trinajstić information content (AvgIpc) is 1.61. The Labute approximate surface area is 65.4 Å². The Morgan fingerprint density at radius 1 is 1.50 bits per heavy atom. The van der Waals surface area contributed by atoms with E-state index in [9.17, 15) is 0 Å². The molecule has 0 aromatic heterocycles. The van der Waals surface area contributed by atoms with E-state index in [2.05, 4.69) is 31.1 Å². The van der Waals surface area contributed by atoms with Crippen LogP contribution in [0.5, 0.6) is 0 Å². The molecule has 0 spiro atoms. The molecule has 8 heavy (non-hydrogen) atoms. The van der Waals surface area contributed by atoms with Crippen LogP contribution < -0.4 is 18.9 Å². The Kier molecular flexibility index (Phi) is 10.2. The molecule has 0 unspecified atom stereocenters. The van der Waals surface area contributed by atoms with E-state index in [1.165, 1.54) is 0 Å². The minimum atomic E-state index is 0. The number of nitrogens with zero attached hydrogens (tertiary/aromatic N) is 1. The van der Waals surface area contributed by atoms with Crippen LogP contribution in [-0.2, 0) is 0 Å². The molecular weight excluding hydrogens is 93.0 g/mol. The molecule has 0 aliphatic carbocycles. The van der Waals surface area contributed by atoms with E-state index in [0.717, 1.165) is 6.54 Å². The van der Waals surface area contributed by atoms with Crippen LogP contribution in [-0.4, -0.2) is 25.5 Å². The zero-order valence-electron chi connectivity index (χ0n) is 7.31. The predicted molar refractivity (Wildman–Crippen MR) is 34.5 cm³/mol. The number of hydrogen-bond acceptors (Lipinski definition) is 1. The van der Waals surface area contributed by atoms with Crippen molar-refractivity contribution >= 4 is 0 Å². The quantitative estimate of drug-likeness (QED) is 0.298. The van der Waals surface area contributed by atoms with Gasteiger partial charge in [-0.1, -0.05) is 12.2 Å². The zero-order valence-corrected chi connectivity index (χ0v) is 6.31. The number of allylic oxidation sites excluding steroid dienone is 1. The Morgan fingerprint density at radius 2 is 2.00 bits per heavy atom. The van der Waals surface area contributed by atoms with Crippen molar-refractivity contribution in [3.05, 3.63) is 12.2 Å². The minimum absolute atomic E-state index is 0. The van der Waals surface area contributed by atoms with Gasteiger partial charge in [0.1, 0.15) is 0 Å². The maximum absolute atomic E-state index is 2.12. The molecule has 0 rings (SSSR count).